The SMILES string of the molecule is O=C1c2c(cccc2NCc2ccncc2)CN1CCc1ccccc1. The topological polar surface area (TPSA) is 45.2 Å². The van der Waals surface area contributed by atoms with Gasteiger partial charge in [-0.05, 0) is 41.3 Å². The van der Waals surface area contributed by atoms with E-state index in [9.17, 15) is 4.79 Å². The molecule has 2 heterocycles. The van der Waals surface area contributed by atoms with Crippen LogP contribution in [0.15, 0.2) is 73.1 Å². The maximum atomic E-state index is 12.9. The van der Waals surface area contributed by atoms with E-state index in [1.807, 2.05) is 53.4 Å². The van der Waals surface area contributed by atoms with Crippen molar-refractivity contribution in [3.63, 3.8) is 0 Å². The zero-order valence-corrected chi connectivity index (χ0v) is 14.6. The number of hydrogen-bond donors (Lipinski definition) is 1. The molecule has 1 N–H and O–H groups in total. The molecule has 0 aliphatic carbocycles. The molecule has 4 heteroatoms. The van der Waals surface area contributed by atoms with Gasteiger partial charge in [0.2, 0.25) is 0 Å². The average Bonchev–Trinajstić information content (AvgIpc) is 3.03. The predicted octanol–water partition coefficient (Wildman–Crippen LogP) is 3.89. The van der Waals surface area contributed by atoms with Crippen LogP contribution >= 0.6 is 0 Å². The summed E-state index contributed by atoms with van der Waals surface area (Å²) in [6.45, 7) is 2.10. The van der Waals surface area contributed by atoms with Crippen LogP contribution in [-0.4, -0.2) is 22.3 Å². The van der Waals surface area contributed by atoms with Gasteiger partial charge in [0.1, 0.15) is 0 Å². The summed E-state index contributed by atoms with van der Waals surface area (Å²) >= 11 is 0. The van der Waals surface area contributed by atoms with E-state index in [0.29, 0.717) is 13.1 Å². The first-order valence-corrected chi connectivity index (χ1v) is 8.89. The molecule has 130 valence electrons. The Morgan fingerprint density at radius 2 is 1.73 bits per heavy atom. The lowest BCUT2D eigenvalue weighted by atomic mass is 10.1. The van der Waals surface area contributed by atoms with Crippen molar-refractivity contribution in [2.45, 2.75) is 19.5 Å². The van der Waals surface area contributed by atoms with Crippen LogP contribution in [0.25, 0.3) is 0 Å². The number of carbonyl (C=O) groups is 1. The van der Waals surface area contributed by atoms with E-state index in [1.165, 1.54) is 5.56 Å². The molecule has 0 radical (unpaired) electrons. The van der Waals surface area contributed by atoms with Crippen LogP contribution in [0.5, 0.6) is 0 Å². The Kier molecular flexibility index (Phi) is 4.65. The van der Waals surface area contributed by atoms with Gasteiger partial charge in [0.15, 0.2) is 0 Å². The molecule has 0 spiro atoms. The van der Waals surface area contributed by atoms with Gasteiger partial charge >= 0.3 is 0 Å². The van der Waals surface area contributed by atoms with Crippen molar-refractivity contribution in [1.82, 2.24) is 9.88 Å². The second kappa shape index (κ2) is 7.40. The molecule has 3 aromatic rings. The lowest BCUT2D eigenvalue weighted by Crippen LogP contribution is -2.26. The van der Waals surface area contributed by atoms with E-state index in [0.717, 1.165) is 35.3 Å². The Labute approximate surface area is 153 Å². The zero-order chi connectivity index (χ0) is 17.8. The summed E-state index contributed by atoms with van der Waals surface area (Å²) in [7, 11) is 0. The number of hydrogen-bond acceptors (Lipinski definition) is 3. The standard InChI is InChI=1S/C22H21N3O/c26-22-21-19(16-25(22)14-11-17-5-2-1-3-6-17)7-4-8-20(21)24-15-18-9-12-23-13-10-18/h1-10,12-13,24H,11,14-16H2. The number of pyridine rings is 1. The highest BCUT2D eigenvalue weighted by atomic mass is 16.2. The van der Waals surface area contributed by atoms with Gasteiger partial charge in [-0.25, -0.2) is 0 Å². The summed E-state index contributed by atoms with van der Waals surface area (Å²) in [4.78, 5) is 18.9. The maximum absolute atomic E-state index is 12.9. The molecule has 1 aliphatic heterocycles. The van der Waals surface area contributed by atoms with E-state index in [1.54, 1.807) is 12.4 Å². The monoisotopic (exact) mass is 343 g/mol. The summed E-state index contributed by atoms with van der Waals surface area (Å²) in [5, 5.41) is 3.41. The Morgan fingerprint density at radius 1 is 0.923 bits per heavy atom. The molecule has 2 aromatic carbocycles. The molecule has 4 nitrogen and oxygen atoms in total. The van der Waals surface area contributed by atoms with Crippen LogP contribution < -0.4 is 5.32 Å². The molecule has 0 unspecified atom stereocenters. The third kappa shape index (κ3) is 3.45. The molecule has 26 heavy (non-hydrogen) atoms. The number of aromatic nitrogens is 1. The Balaban J connectivity index is 1.46. The summed E-state index contributed by atoms with van der Waals surface area (Å²) in [5.41, 5.74) is 5.22. The van der Waals surface area contributed by atoms with Crippen LogP contribution in [0.1, 0.15) is 27.0 Å². The highest BCUT2D eigenvalue weighted by Crippen LogP contribution is 2.29. The fraction of sp³-hybridized carbons (Fsp3) is 0.182. The minimum Gasteiger partial charge on any atom is -0.380 e. The van der Waals surface area contributed by atoms with Crippen molar-refractivity contribution in [2.75, 3.05) is 11.9 Å². The Hall–Kier alpha value is -3.14. The number of fused-ring (bicyclic) bond motifs is 1. The highest BCUT2D eigenvalue weighted by molar-refractivity contribution is 6.03. The van der Waals surface area contributed by atoms with Gasteiger partial charge in [-0.15, -0.1) is 0 Å². The molecule has 1 aliphatic rings. The Morgan fingerprint density at radius 3 is 2.54 bits per heavy atom. The average molecular weight is 343 g/mol. The summed E-state index contributed by atoms with van der Waals surface area (Å²) in [6, 6.07) is 20.3. The molecule has 1 amide bonds. The first-order valence-electron chi connectivity index (χ1n) is 8.89. The quantitative estimate of drug-likeness (QED) is 0.738. The fourth-order valence-corrected chi connectivity index (χ4v) is 3.35. The number of amides is 1. The molecule has 0 atom stereocenters. The number of nitrogens with zero attached hydrogens (tertiary/aromatic N) is 2. The summed E-state index contributed by atoms with van der Waals surface area (Å²) < 4.78 is 0. The predicted molar refractivity (Wildman–Crippen MR) is 103 cm³/mol. The summed E-state index contributed by atoms with van der Waals surface area (Å²) in [5.74, 6) is 0.119. The second-order valence-corrected chi connectivity index (χ2v) is 6.51. The molecule has 0 saturated carbocycles. The van der Waals surface area contributed by atoms with E-state index < -0.39 is 0 Å². The van der Waals surface area contributed by atoms with Crippen LogP contribution in [0.3, 0.4) is 0 Å². The number of benzene rings is 2. The van der Waals surface area contributed by atoms with Crippen LogP contribution in [0.2, 0.25) is 0 Å². The van der Waals surface area contributed by atoms with Gasteiger partial charge in [0, 0.05) is 37.7 Å². The van der Waals surface area contributed by atoms with Gasteiger partial charge in [0.25, 0.3) is 5.91 Å². The lowest BCUT2D eigenvalue weighted by Gasteiger charge is -2.16. The van der Waals surface area contributed by atoms with Crippen molar-refractivity contribution >= 4 is 11.6 Å². The van der Waals surface area contributed by atoms with E-state index in [-0.39, 0.29) is 5.91 Å². The molecular formula is C22H21N3O. The first-order chi connectivity index (χ1) is 12.8. The molecule has 1 aromatic heterocycles. The van der Waals surface area contributed by atoms with E-state index in [2.05, 4.69) is 22.4 Å². The zero-order valence-electron chi connectivity index (χ0n) is 14.6. The lowest BCUT2D eigenvalue weighted by molar-refractivity contribution is 0.0781. The first kappa shape index (κ1) is 16.3. The molecule has 0 fully saturated rings. The van der Waals surface area contributed by atoms with Crippen LogP contribution in [0.4, 0.5) is 5.69 Å². The highest BCUT2D eigenvalue weighted by Gasteiger charge is 2.29. The van der Waals surface area contributed by atoms with Crippen molar-refractivity contribution in [1.29, 1.82) is 0 Å². The van der Waals surface area contributed by atoms with E-state index >= 15 is 0 Å². The number of anilines is 1. The largest absolute Gasteiger partial charge is 0.380 e. The van der Waals surface area contributed by atoms with Gasteiger partial charge in [-0.3, -0.25) is 9.78 Å². The van der Waals surface area contributed by atoms with Gasteiger partial charge in [-0.2, -0.15) is 0 Å². The van der Waals surface area contributed by atoms with Crippen molar-refractivity contribution in [3.8, 4) is 0 Å². The maximum Gasteiger partial charge on any atom is 0.256 e. The third-order valence-electron chi connectivity index (χ3n) is 4.76. The molecule has 4 rings (SSSR count). The second-order valence-electron chi connectivity index (χ2n) is 6.51. The number of carbonyl (C=O) groups excluding carboxylic acids is 1. The van der Waals surface area contributed by atoms with E-state index in [4.69, 9.17) is 0 Å². The Bertz CT molecular complexity index is 894. The van der Waals surface area contributed by atoms with Crippen LogP contribution in [-0.2, 0) is 19.5 Å². The number of nitrogens with one attached hydrogen (secondary N) is 1. The summed E-state index contributed by atoms with van der Waals surface area (Å²) in [6.07, 6.45) is 4.44. The molecule has 0 saturated heterocycles. The van der Waals surface area contributed by atoms with Crippen molar-refractivity contribution in [3.05, 3.63) is 95.3 Å². The fourth-order valence-electron chi connectivity index (χ4n) is 3.35. The van der Waals surface area contributed by atoms with Gasteiger partial charge in [-0.1, -0.05) is 42.5 Å². The van der Waals surface area contributed by atoms with Gasteiger partial charge in [0.05, 0.1) is 5.56 Å². The van der Waals surface area contributed by atoms with Crippen molar-refractivity contribution < 1.29 is 4.79 Å². The van der Waals surface area contributed by atoms with Crippen molar-refractivity contribution in [2.24, 2.45) is 0 Å². The van der Waals surface area contributed by atoms with Crippen LogP contribution in [0, 0.1) is 0 Å². The third-order valence-corrected chi connectivity index (χ3v) is 4.76. The minimum atomic E-state index is 0.119. The minimum absolute atomic E-state index is 0.119. The number of rotatable bonds is 6. The molecule has 0 bridgehead atoms. The molecular weight excluding hydrogens is 322 g/mol. The smallest absolute Gasteiger partial charge is 0.256 e. The van der Waals surface area contributed by atoms with Gasteiger partial charge < -0.3 is 10.2 Å². The normalized spacial score (nSPS) is 12.9.